The molecule has 1 fully saturated rings. The monoisotopic (exact) mass is 273 g/mol. The molecule has 0 amide bonds. The lowest BCUT2D eigenvalue weighted by Crippen LogP contribution is -2.26. The first-order chi connectivity index (χ1) is 9.72. The first-order valence-corrected chi connectivity index (χ1v) is 6.94. The Bertz CT molecular complexity index is 571. The zero-order valence-corrected chi connectivity index (χ0v) is 11.6. The number of hydrogen-bond donors (Lipinski definition) is 1. The molecule has 1 aliphatic carbocycles. The predicted octanol–water partition coefficient (Wildman–Crippen LogP) is 2.66. The molecule has 0 unspecified atom stereocenters. The van der Waals surface area contributed by atoms with Crippen LogP contribution in [0.1, 0.15) is 43.0 Å². The second kappa shape index (κ2) is 5.25. The predicted molar refractivity (Wildman–Crippen MR) is 75.1 cm³/mol. The number of methoxy groups -OCH3 is 1. The Morgan fingerprint density at radius 1 is 1.25 bits per heavy atom. The molecule has 106 valence electrons. The second-order valence-corrected chi connectivity index (χ2v) is 5.34. The summed E-state index contributed by atoms with van der Waals surface area (Å²) < 4.78 is 11.0. The molecule has 5 nitrogen and oxygen atoms in total. The first kappa shape index (κ1) is 13.1. The van der Waals surface area contributed by atoms with Crippen molar-refractivity contribution in [3.8, 4) is 0 Å². The molecule has 5 heteroatoms. The van der Waals surface area contributed by atoms with E-state index in [1.54, 1.807) is 7.11 Å². The van der Waals surface area contributed by atoms with Gasteiger partial charge in [0.25, 0.3) is 0 Å². The van der Waals surface area contributed by atoms with Gasteiger partial charge in [0.15, 0.2) is 0 Å². The lowest BCUT2D eigenvalue weighted by molar-refractivity contribution is -0.0178. The fraction of sp³-hybridized carbons (Fsp3) is 0.467. The van der Waals surface area contributed by atoms with Gasteiger partial charge in [-0.25, -0.2) is 0 Å². The quantitative estimate of drug-likeness (QED) is 0.867. The van der Waals surface area contributed by atoms with E-state index in [0.29, 0.717) is 18.1 Å². The van der Waals surface area contributed by atoms with Crippen molar-refractivity contribution in [2.24, 2.45) is 0 Å². The van der Waals surface area contributed by atoms with Crippen molar-refractivity contribution in [2.45, 2.75) is 37.7 Å². The highest BCUT2D eigenvalue weighted by Gasteiger charge is 2.40. The number of nitrogen functional groups attached to an aromatic ring is 1. The van der Waals surface area contributed by atoms with Crippen molar-refractivity contribution < 1.29 is 9.26 Å². The summed E-state index contributed by atoms with van der Waals surface area (Å²) >= 11 is 0. The van der Waals surface area contributed by atoms with Crippen molar-refractivity contribution in [2.75, 3.05) is 12.8 Å². The Morgan fingerprint density at radius 2 is 1.95 bits per heavy atom. The summed E-state index contributed by atoms with van der Waals surface area (Å²) in [6, 6.07) is 7.70. The minimum absolute atomic E-state index is 0.344. The largest absolute Gasteiger partial charge is 0.399 e. The van der Waals surface area contributed by atoms with E-state index in [9.17, 15) is 0 Å². The lowest BCUT2D eigenvalue weighted by Gasteiger charge is -2.22. The van der Waals surface area contributed by atoms with E-state index >= 15 is 0 Å². The zero-order chi connectivity index (χ0) is 14.0. The maximum atomic E-state index is 5.67. The van der Waals surface area contributed by atoms with Crippen molar-refractivity contribution in [1.29, 1.82) is 0 Å². The van der Waals surface area contributed by atoms with Gasteiger partial charge in [0.05, 0.1) is 6.42 Å². The molecule has 1 aliphatic rings. The summed E-state index contributed by atoms with van der Waals surface area (Å²) in [7, 11) is 1.72. The standard InChI is InChI=1S/C15H19N3O2/c1-19-15(8-2-3-9-15)14-17-13(20-18-14)10-11-4-6-12(16)7-5-11/h4-7H,2-3,8-10,16H2,1H3. The van der Waals surface area contributed by atoms with Crippen LogP contribution in [-0.4, -0.2) is 17.3 Å². The minimum atomic E-state index is -0.344. The average Bonchev–Trinajstić information content (AvgIpc) is 3.11. The molecule has 1 aromatic carbocycles. The van der Waals surface area contributed by atoms with E-state index in [-0.39, 0.29) is 5.60 Å². The van der Waals surface area contributed by atoms with Crippen LogP contribution < -0.4 is 5.73 Å². The fourth-order valence-corrected chi connectivity index (χ4v) is 2.79. The van der Waals surface area contributed by atoms with Crippen LogP contribution in [0.2, 0.25) is 0 Å². The Labute approximate surface area is 118 Å². The third-order valence-electron chi connectivity index (χ3n) is 4.01. The minimum Gasteiger partial charge on any atom is -0.399 e. The Hall–Kier alpha value is -1.88. The SMILES string of the molecule is COC1(c2noc(Cc3ccc(N)cc3)n2)CCCC1. The van der Waals surface area contributed by atoms with E-state index in [1.807, 2.05) is 24.3 Å². The molecule has 0 atom stereocenters. The van der Waals surface area contributed by atoms with Gasteiger partial charge in [-0.05, 0) is 43.4 Å². The molecule has 0 saturated heterocycles. The smallest absolute Gasteiger partial charge is 0.231 e. The number of anilines is 1. The molecule has 1 saturated carbocycles. The van der Waals surface area contributed by atoms with E-state index in [2.05, 4.69) is 10.1 Å². The van der Waals surface area contributed by atoms with Gasteiger partial charge in [0.1, 0.15) is 5.60 Å². The van der Waals surface area contributed by atoms with Crippen LogP contribution in [0.4, 0.5) is 5.69 Å². The Balaban J connectivity index is 1.78. The molecular weight excluding hydrogens is 254 g/mol. The van der Waals surface area contributed by atoms with Crippen LogP contribution in [-0.2, 0) is 16.8 Å². The molecule has 0 radical (unpaired) electrons. The van der Waals surface area contributed by atoms with Crippen LogP contribution >= 0.6 is 0 Å². The van der Waals surface area contributed by atoms with Crippen LogP contribution in [0, 0.1) is 0 Å². The second-order valence-electron chi connectivity index (χ2n) is 5.34. The summed E-state index contributed by atoms with van der Waals surface area (Å²) in [4.78, 5) is 4.52. The van der Waals surface area contributed by atoms with Gasteiger partial charge in [-0.1, -0.05) is 17.3 Å². The molecule has 2 N–H and O–H groups in total. The third kappa shape index (κ3) is 2.41. The third-order valence-corrected chi connectivity index (χ3v) is 4.01. The number of ether oxygens (including phenoxy) is 1. The zero-order valence-electron chi connectivity index (χ0n) is 11.6. The van der Waals surface area contributed by atoms with Gasteiger partial charge >= 0.3 is 0 Å². The van der Waals surface area contributed by atoms with Crippen LogP contribution in [0.15, 0.2) is 28.8 Å². The lowest BCUT2D eigenvalue weighted by atomic mass is 10.0. The van der Waals surface area contributed by atoms with Crippen molar-refractivity contribution in [3.63, 3.8) is 0 Å². The number of rotatable bonds is 4. The van der Waals surface area contributed by atoms with Gasteiger partial charge in [0, 0.05) is 12.8 Å². The summed E-state index contributed by atoms with van der Waals surface area (Å²) in [6.07, 6.45) is 4.84. The highest BCUT2D eigenvalue weighted by atomic mass is 16.5. The van der Waals surface area contributed by atoms with Gasteiger partial charge in [0.2, 0.25) is 11.7 Å². The van der Waals surface area contributed by atoms with E-state index in [4.69, 9.17) is 15.0 Å². The van der Waals surface area contributed by atoms with E-state index < -0.39 is 0 Å². The summed E-state index contributed by atoms with van der Waals surface area (Å²) in [5.74, 6) is 1.30. The molecule has 0 aliphatic heterocycles. The maximum Gasteiger partial charge on any atom is 0.231 e. The maximum absolute atomic E-state index is 5.67. The molecular formula is C15H19N3O2. The number of nitrogens with zero attached hydrogens (tertiary/aromatic N) is 2. The van der Waals surface area contributed by atoms with Gasteiger partial charge in [-0.2, -0.15) is 4.98 Å². The summed E-state index contributed by atoms with van der Waals surface area (Å²) in [5.41, 5.74) is 7.19. The fourth-order valence-electron chi connectivity index (χ4n) is 2.79. The highest BCUT2D eigenvalue weighted by molar-refractivity contribution is 5.39. The molecule has 3 rings (SSSR count). The molecule has 2 aromatic rings. The molecule has 20 heavy (non-hydrogen) atoms. The Morgan fingerprint density at radius 3 is 2.60 bits per heavy atom. The number of benzene rings is 1. The Kier molecular flexibility index (Phi) is 3.44. The van der Waals surface area contributed by atoms with Crippen LogP contribution in [0.25, 0.3) is 0 Å². The first-order valence-electron chi connectivity index (χ1n) is 6.94. The summed E-state index contributed by atoms with van der Waals surface area (Å²) in [6.45, 7) is 0. The van der Waals surface area contributed by atoms with Gasteiger partial charge in [-0.3, -0.25) is 0 Å². The van der Waals surface area contributed by atoms with Crippen molar-refractivity contribution in [1.82, 2.24) is 10.1 Å². The molecule has 1 heterocycles. The number of nitrogens with two attached hydrogens (primary N) is 1. The van der Waals surface area contributed by atoms with Crippen molar-refractivity contribution >= 4 is 5.69 Å². The topological polar surface area (TPSA) is 74.2 Å². The van der Waals surface area contributed by atoms with Crippen molar-refractivity contribution in [3.05, 3.63) is 41.5 Å². The van der Waals surface area contributed by atoms with Crippen LogP contribution in [0.3, 0.4) is 0 Å². The highest BCUT2D eigenvalue weighted by Crippen LogP contribution is 2.40. The average molecular weight is 273 g/mol. The van der Waals surface area contributed by atoms with E-state index in [1.165, 1.54) is 0 Å². The molecule has 0 spiro atoms. The number of aromatic nitrogens is 2. The number of hydrogen-bond acceptors (Lipinski definition) is 5. The molecule has 0 bridgehead atoms. The van der Waals surface area contributed by atoms with E-state index in [0.717, 1.165) is 36.9 Å². The summed E-state index contributed by atoms with van der Waals surface area (Å²) in [5, 5.41) is 4.12. The molecule has 1 aromatic heterocycles. The van der Waals surface area contributed by atoms with Gasteiger partial charge in [-0.15, -0.1) is 0 Å². The normalized spacial score (nSPS) is 17.4. The van der Waals surface area contributed by atoms with Gasteiger partial charge < -0.3 is 15.0 Å². The van der Waals surface area contributed by atoms with Crippen LogP contribution in [0.5, 0.6) is 0 Å².